The average Bonchev–Trinajstić information content (AvgIpc) is 2.67. The number of hydrogen-bond acceptors (Lipinski definition) is 3. The number of thiocarbonyl (C=S) groups is 1. The Morgan fingerprint density at radius 3 is 2.58 bits per heavy atom. The summed E-state index contributed by atoms with van der Waals surface area (Å²) in [4.78, 5) is 3.17. The molecular formula is C21H24ClNO2S. The summed E-state index contributed by atoms with van der Waals surface area (Å²) in [6.07, 6.45) is 2.38. The highest BCUT2D eigenvalue weighted by Crippen LogP contribution is 2.31. The number of nitrogens with zero attached hydrogens (tertiary/aromatic N) is 1. The second kappa shape index (κ2) is 8.74. The first-order chi connectivity index (χ1) is 12.6. The lowest BCUT2D eigenvalue weighted by molar-refractivity contribution is 0.282. The van der Waals surface area contributed by atoms with Gasteiger partial charge in [-0.2, -0.15) is 0 Å². The van der Waals surface area contributed by atoms with Crippen LogP contribution in [-0.4, -0.2) is 30.1 Å². The number of halogens is 1. The normalized spacial score (nSPS) is 15.0. The van der Waals surface area contributed by atoms with Crippen LogP contribution in [0.5, 0.6) is 11.5 Å². The topological polar surface area (TPSA) is 21.7 Å². The smallest absolute Gasteiger partial charge is 0.161 e. The van der Waals surface area contributed by atoms with Gasteiger partial charge < -0.3 is 14.4 Å². The van der Waals surface area contributed by atoms with E-state index in [1.807, 2.05) is 42.5 Å². The zero-order valence-corrected chi connectivity index (χ0v) is 16.8. The number of piperidine rings is 1. The van der Waals surface area contributed by atoms with Crippen molar-refractivity contribution in [3.8, 4) is 11.5 Å². The summed E-state index contributed by atoms with van der Waals surface area (Å²) in [5.41, 5.74) is 1.94. The lowest BCUT2D eigenvalue weighted by Crippen LogP contribution is -2.37. The Hall–Kier alpha value is -1.78. The molecule has 26 heavy (non-hydrogen) atoms. The van der Waals surface area contributed by atoms with E-state index >= 15 is 0 Å². The number of rotatable bonds is 5. The molecule has 5 heteroatoms. The van der Waals surface area contributed by atoms with Crippen molar-refractivity contribution in [3.05, 3.63) is 58.6 Å². The molecule has 3 rings (SSSR count). The van der Waals surface area contributed by atoms with E-state index in [9.17, 15) is 0 Å². The van der Waals surface area contributed by atoms with E-state index in [0.29, 0.717) is 23.1 Å². The monoisotopic (exact) mass is 389 g/mol. The molecule has 3 nitrogen and oxygen atoms in total. The maximum Gasteiger partial charge on any atom is 0.161 e. The van der Waals surface area contributed by atoms with Gasteiger partial charge in [0.25, 0.3) is 0 Å². The highest BCUT2D eigenvalue weighted by molar-refractivity contribution is 7.80. The first-order valence-corrected chi connectivity index (χ1v) is 9.70. The van der Waals surface area contributed by atoms with Gasteiger partial charge in [-0.3, -0.25) is 0 Å². The van der Waals surface area contributed by atoms with Crippen molar-refractivity contribution in [2.75, 3.05) is 20.2 Å². The SMILES string of the molecule is COc1cc(C(=S)N2CCC(C)CC2)ccc1OCc1ccccc1Cl. The van der Waals surface area contributed by atoms with Crippen LogP contribution in [0.3, 0.4) is 0 Å². The van der Waals surface area contributed by atoms with Gasteiger partial charge in [-0.05, 0) is 43.0 Å². The zero-order valence-electron chi connectivity index (χ0n) is 15.2. The maximum absolute atomic E-state index is 6.19. The van der Waals surface area contributed by atoms with Crippen LogP contribution in [0.1, 0.15) is 30.9 Å². The van der Waals surface area contributed by atoms with Gasteiger partial charge in [0.1, 0.15) is 11.6 Å². The van der Waals surface area contributed by atoms with Crippen molar-refractivity contribution in [2.24, 2.45) is 5.92 Å². The highest BCUT2D eigenvalue weighted by atomic mass is 35.5. The second-order valence-corrected chi connectivity index (χ2v) is 7.51. The summed E-state index contributed by atoms with van der Waals surface area (Å²) < 4.78 is 11.4. The van der Waals surface area contributed by atoms with Crippen molar-refractivity contribution in [2.45, 2.75) is 26.4 Å². The molecule has 0 aliphatic carbocycles. The minimum absolute atomic E-state index is 0.393. The average molecular weight is 390 g/mol. The Kier molecular flexibility index (Phi) is 6.38. The molecule has 1 heterocycles. The van der Waals surface area contributed by atoms with Crippen molar-refractivity contribution in [3.63, 3.8) is 0 Å². The standard InChI is InChI=1S/C21H24ClNO2S/c1-15-9-11-23(12-10-15)21(26)16-7-8-19(20(13-16)24-2)25-14-17-5-3-4-6-18(17)22/h3-8,13,15H,9-12,14H2,1-2H3. The van der Waals surface area contributed by atoms with Crippen molar-refractivity contribution >= 4 is 28.8 Å². The summed E-state index contributed by atoms with van der Waals surface area (Å²) in [5.74, 6) is 2.15. The fourth-order valence-electron chi connectivity index (χ4n) is 3.09. The lowest BCUT2D eigenvalue weighted by Gasteiger charge is -2.32. The number of hydrogen-bond donors (Lipinski definition) is 0. The summed E-state index contributed by atoms with van der Waals surface area (Å²) >= 11 is 11.9. The fourth-order valence-corrected chi connectivity index (χ4v) is 3.58. The molecule has 1 fully saturated rings. The van der Waals surface area contributed by atoms with Crippen LogP contribution < -0.4 is 9.47 Å². The molecule has 0 amide bonds. The summed E-state index contributed by atoms with van der Waals surface area (Å²) in [6.45, 7) is 4.73. The third-order valence-electron chi connectivity index (χ3n) is 4.82. The quantitative estimate of drug-likeness (QED) is 0.644. The van der Waals surface area contributed by atoms with Crippen molar-refractivity contribution in [1.82, 2.24) is 4.90 Å². The molecular weight excluding hydrogens is 366 g/mol. The van der Waals surface area contributed by atoms with Crippen LogP contribution >= 0.6 is 23.8 Å². The van der Waals surface area contributed by atoms with Crippen LogP contribution in [-0.2, 0) is 6.61 Å². The van der Waals surface area contributed by atoms with Gasteiger partial charge in [0.05, 0.1) is 7.11 Å². The number of likely N-dealkylation sites (tertiary alicyclic amines) is 1. The van der Waals surface area contributed by atoms with E-state index in [2.05, 4.69) is 11.8 Å². The molecule has 2 aromatic rings. The van der Waals surface area contributed by atoms with E-state index in [0.717, 1.165) is 35.1 Å². The van der Waals surface area contributed by atoms with E-state index in [1.54, 1.807) is 7.11 Å². The molecule has 0 bridgehead atoms. The van der Waals surface area contributed by atoms with Crippen molar-refractivity contribution < 1.29 is 9.47 Å². The van der Waals surface area contributed by atoms with Crippen LogP contribution in [0.2, 0.25) is 5.02 Å². The van der Waals surface area contributed by atoms with Crippen LogP contribution in [0, 0.1) is 5.92 Å². The lowest BCUT2D eigenvalue weighted by atomic mass is 9.99. The highest BCUT2D eigenvalue weighted by Gasteiger charge is 2.20. The summed E-state index contributed by atoms with van der Waals surface area (Å²) in [7, 11) is 1.65. The molecule has 0 spiro atoms. The van der Waals surface area contributed by atoms with Crippen LogP contribution in [0.25, 0.3) is 0 Å². The van der Waals surface area contributed by atoms with Crippen LogP contribution in [0.15, 0.2) is 42.5 Å². The first kappa shape index (κ1) is 19.0. The molecule has 0 unspecified atom stereocenters. The summed E-state index contributed by atoms with van der Waals surface area (Å²) in [6, 6.07) is 13.6. The molecule has 1 saturated heterocycles. The maximum atomic E-state index is 6.19. The molecule has 0 saturated carbocycles. The van der Waals surface area contributed by atoms with E-state index < -0.39 is 0 Å². The van der Waals surface area contributed by atoms with E-state index in [1.165, 1.54) is 12.8 Å². The fraction of sp³-hybridized carbons (Fsp3) is 0.381. The zero-order chi connectivity index (χ0) is 18.5. The van der Waals surface area contributed by atoms with Gasteiger partial charge in [-0.1, -0.05) is 48.9 Å². The van der Waals surface area contributed by atoms with Gasteiger partial charge in [-0.25, -0.2) is 0 Å². The molecule has 0 N–H and O–H groups in total. The Bertz CT molecular complexity index is 772. The third kappa shape index (κ3) is 4.49. The number of benzene rings is 2. The Balaban J connectivity index is 1.71. The molecule has 1 aliphatic rings. The van der Waals surface area contributed by atoms with E-state index in [4.69, 9.17) is 33.3 Å². The largest absolute Gasteiger partial charge is 0.493 e. The van der Waals surface area contributed by atoms with Gasteiger partial charge in [0.2, 0.25) is 0 Å². The molecule has 1 aliphatic heterocycles. The first-order valence-electron chi connectivity index (χ1n) is 8.92. The van der Waals surface area contributed by atoms with Crippen LogP contribution in [0.4, 0.5) is 0 Å². The Labute approximate surface area is 165 Å². The van der Waals surface area contributed by atoms with E-state index in [-0.39, 0.29) is 0 Å². The number of ether oxygens (including phenoxy) is 2. The Morgan fingerprint density at radius 1 is 1.15 bits per heavy atom. The van der Waals surface area contributed by atoms with Gasteiger partial charge in [0, 0.05) is 29.2 Å². The van der Waals surface area contributed by atoms with Gasteiger partial charge >= 0.3 is 0 Å². The Morgan fingerprint density at radius 2 is 1.88 bits per heavy atom. The van der Waals surface area contributed by atoms with Gasteiger partial charge in [0.15, 0.2) is 11.5 Å². The molecule has 0 radical (unpaired) electrons. The predicted molar refractivity (Wildman–Crippen MR) is 110 cm³/mol. The predicted octanol–water partition coefficient (Wildman–Crippen LogP) is 5.34. The molecule has 2 aromatic carbocycles. The van der Waals surface area contributed by atoms with Gasteiger partial charge in [-0.15, -0.1) is 0 Å². The minimum Gasteiger partial charge on any atom is -0.493 e. The molecule has 0 aromatic heterocycles. The molecule has 138 valence electrons. The van der Waals surface area contributed by atoms with Crippen molar-refractivity contribution in [1.29, 1.82) is 0 Å². The number of methoxy groups -OCH3 is 1. The summed E-state index contributed by atoms with van der Waals surface area (Å²) in [5, 5.41) is 0.698. The second-order valence-electron chi connectivity index (χ2n) is 6.72. The third-order valence-corrected chi connectivity index (χ3v) is 5.69. The minimum atomic E-state index is 0.393. The molecule has 0 atom stereocenters.